The van der Waals surface area contributed by atoms with Crippen LogP contribution >= 0.6 is 0 Å². The molecule has 3 nitrogen and oxygen atoms in total. The summed E-state index contributed by atoms with van der Waals surface area (Å²) in [6, 6.07) is 2.12. The molecule has 0 spiro atoms. The van der Waals surface area contributed by atoms with Crippen LogP contribution in [0.5, 0.6) is 0 Å². The van der Waals surface area contributed by atoms with Crippen molar-refractivity contribution in [1.29, 1.82) is 0 Å². The third kappa shape index (κ3) is 1.72. The van der Waals surface area contributed by atoms with E-state index in [-0.39, 0.29) is 0 Å². The Bertz CT molecular complexity index is 329. The quantitative estimate of drug-likeness (QED) is 0.781. The highest BCUT2D eigenvalue weighted by Crippen LogP contribution is 2.36. The second-order valence-corrected chi connectivity index (χ2v) is 4.36. The van der Waals surface area contributed by atoms with Gasteiger partial charge in [-0.15, -0.1) is 0 Å². The molecule has 0 aromatic carbocycles. The van der Waals surface area contributed by atoms with E-state index in [2.05, 4.69) is 29.9 Å². The fourth-order valence-corrected chi connectivity index (χ4v) is 1.71. The minimum Gasteiger partial charge on any atom is -0.368 e. The lowest BCUT2D eigenvalue weighted by molar-refractivity contribution is 0.410. The van der Waals surface area contributed by atoms with Gasteiger partial charge < -0.3 is 5.73 Å². The Balaban J connectivity index is 2.30. The number of anilines is 1. The van der Waals surface area contributed by atoms with Crippen molar-refractivity contribution in [2.45, 2.75) is 44.9 Å². The lowest BCUT2D eigenvalue weighted by Crippen LogP contribution is -2.13. The average molecular weight is 191 g/mol. The van der Waals surface area contributed by atoms with Crippen molar-refractivity contribution in [3.05, 3.63) is 17.5 Å². The lowest BCUT2D eigenvalue weighted by atomic mass is 9.82. The van der Waals surface area contributed by atoms with Gasteiger partial charge in [-0.3, -0.25) is 0 Å². The molecule has 2 N–H and O–H groups in total. The van der Waals surface area contributed by atoms with Crippen LogP contribution in [0.1, 0.15) is 56.3 Å². The van der Waals surface area contributed by atoms with Crippen LogP contribution in [0.3, 0.4) is 0 Å². The van der Waals surface area contributed by atoms with Gasteiger partial charge in [-0.1, -0.05) is 20.3 Å². The SMILES string of the molecule is CC(C)c1cc(C2CCC2)nc(N)n1. The highest BCUT2D eigenvalue weighted by Gasteiger charge is 2.22. The zero-order chi connectivity index (χ0) is 10.1. The Morgan fingerprint density at radius 2 is 2.07 bits per heavy atom. The topological polar surface area (TPSA) is 51.8 Å². The largest absolute Gasteiger partial charge is 0.368 e. The summed E-state index contributed by atoms with van der Waals surface area (Å²) in [6.07, 6.45) is 3.84. The summed E-state index contributed by atoms with van der Waals surface area (Å²) in [5, 5.41) is 0. The molecule has 1 aromatic rings. The summed E-state index contributed by atoms with van der Waals surface area (Å²) in [4.78, 5) is 8.55. The van der Waals surface area contributed by atoms with E-state index in [0.717, 1.165) is 11.4 Å². The number of aromatic nitrogens is 2. The van der Waals surface area contributed by atoms with Crippen LogP contribution in [0.25, 0.3) is 0 Å². The molecule has 0 amide bonds. The van der Waals surface area contributed by atoms with Gasteiger partial charge in [0.2, 0.25) is 5.95 Å². The normalized spacial score (nSPS) is 17.1. The average Bonchev–Trinajstić information content (AvgIpc) is 1.99. The number of hydrogen-bond donors (Lipinski definition) is 1. The van der Waals surface area contributed by atoms with Crippen LogP contribution in [-0.2, 0) is 0 Å². The predicted octanol–water partition coefficient (Wildman–Crippen LogP) is 2.45. The molecule has 0 bridgehead atoms. The minimum atomic E-state index is 0.429. The van der Waals surface area contributed by atoms with Gasteiger partial charge in [-0.2, -0.15) is 0 Å². The molecular formula is C11H17N3. The van der Waals surface area contributed by atoms with Gasteiger partial charge in [0.05, 0.1) is 0 Å². The van der Waals surface area contributed by atoms with Crippen molar-refractivity contribution in [3.63, 3.8) is 0 Å². The Morgan fingerprint density at radius 3 is 2.57 bits per heavy atom. The van der Waals surface area contributed by atoms with Crippen LogP contribution < -0.4 is 5.73 Å². The maximum absolute atomic E-state index is 5.69. The van der Waals surface area contributed by atoms with Gasteiger partial charge in [0.25, 0.3) is 0 Å². The van der Waals surface area contributed by atoms with Crippen LogP contribution in [-0.4, -0.2) is 9.97 Å². The zero-order valence-corrected chi connectivity index (χ0v) is 8.83. The molecule has 0 unspecified atom stereocenters. The lowest BCUT2D eigenvalue weighted by Gasteiger charge is -2.25. The Labute approximate surface area is 84.8 Å². The maximum Gasteiger partial charge on any atom is 0.220 e. The summed E-state index contributed by atoms with van der Waals surface area (Å²) in [5.41, 5.74) is 7.91. The first-order valence-electron chi connectivity index (χ1n) is 5.31. The number of nitrogens with two attached hydrogens (primary N) is 1. The molecule has 1 aromatic heterocycles. The summed E-state index contributed by atoms with van der Waals surface area (Å²) in [6.45, 7) is 4.26. The van der Waals surface area contributed by atoms with Crippen LogP contribution in [0.15, 0.2) is 6.07 Å². The van der Waals surface area contributed by atoms with E-state index in [1.165, 1.54) is 19.3 Å². The molecule has 0 atom stereocenters. The van der Waals surface area contributed by atoms with E-state index >= 15 is 0 Å². The molecular weight excluding hydrogens is 174 g/mol. The van der Waals surface area contributed by atoms with Crippen molar-refractivity contribution in [1.82, 2.24) is 9.97 Å². The molecule has 1 aliphatic rings. The van der Waals surface area contributed by atoms with E-state index in [9.17, 15) is 0 Å². The van der Waals surface area contributed by atoms with Crippen molar-refractivity contribution in [2.75, 3.05) is 5.73 Å². The Kier molecular flexibility index (Phi) is 2.40. The smallest absolute Gasteiger partial charge is 0.220 e. The minimum absolute atomic E-state index is 0.429. The molecule has 1 fully saturated rings. The first-order valence-corrected chi connectivity index (χ1v) is 5.31. The molecule has 14 heavy (non-hydrogen) atoms. The third-order valence-electron chi connectivity index (χ3n) is 2.90. The molecule has 1 heterocycles. The number of hydrogen-bond acceptors (Lipinski definition) is 3. The molecule has 1 aliphatic carbocycles. The number of nitrogen functional groups attached to an aromatic ring is 1. The molecule has 0 radical (unpaired) electrons. The zero-order valence-electron chi connectivity index (χ0n) is 8.83. The van der Waals surface area contributed by atoms with Gasteiger partial charge in [-0.25, -0.2) is 9.97 Å². The van der Waals surface area contributed by atoms with Crippen LogP contribution in [0.4, 0.5) is 5.95 Å². The highest BCUT2D eigenvalue weighted by molar-refractivity contribution is 5.27. The molecule has 1 saturated carbocycles. The van der Waals surface area contributed by atoms with E-state index in [4.69, 9.17) is 5.73 Å². The first kappa shape index (κ1) is 9.44. The summed E-state index contributed by atoms with van der Waals surface area (Å²) in [7, 11) is 0. The second-order valence-electron chi connectivity index (χ2n) is 4.36. The summed E-state index contributed by atoms with van der Waals surface area (Å²) < 4.78 is 0. The monoisotopic (exact) mass is 191 g/mol. The fourth-order valence-electron chi connectivity index (χ4n) is 1.71. The summed E-state index contributed by atoms with van der Waals surface area (Å²) >= 11 is 0. The van der Waals surface area contributed by atoms with Crippen molar-refractivity contribution in [3.8, 4) is 0 Å². The maximum atomic E-state index is 5.69. The van der Waals surface area contributed by atoms with Gasteiger partial charge in [0.15, 0.2) is 0 Å². The van der Waals surface area contributed by atoms with E-state index < -0.39 is 0 Å². The van der Waals surface area contributed by atoms with Crippen molar-refractivity contribution in [2.24, 2.45) is 0 Å². The fraction of sp³-hybridized carbons (Fsp3) is 0.636. The Morgan fingerprint density at radius 1 is 1.36 bits per heavy atom. The van der Waals surface area contributed by atoms with Crippen molar-refractivity contribution >= 4 is 5.95 Å². The second kappa shape index (κ2) is 3.56. The number of nitrogens with zero attached hydrogens (tertiary/aromatic N) is 2. The van der Waals surface area contributed by atoms with E-state index in [0.29, 0.717) is 17.8 Å². The first-order chi connectivity index (χ1) is 6.66. The molecule has 0 aliphatic heterocycles. The Hall–Kier alpha value is -1.12. The van der Waals surface area contributed by atoms with Gasteiger partial charge >= 0.3 is 0 Å². The molecule has 0 saturated heterocycles. The molecule has 2 rings (SSSR count). The van der Waals surface area contributed by atoms with Gasteiger partial charge in [0, 0.05) is 17.3 Å². The van der Waals surface area contributed by atoms with Crippen molar-refractivity contribution < 1.29 is 0 Å². The van der Waals surface area contributed by atoms with Gasteiger partial charge in [-0.05, 0) is 24.8 Å². The van der Waals surface area contributed by atoms with Gasteiger partial charge in [0.1, 0.15) is 0 Å². The number of rotatable bonds is 2. The predicted molar refractivity (Wildman–Crippen MR) is 57.1 cm³/mol. The van der Waals surface area contributed by atoms with Crippen LogP contribution in [0, 0.1) is 0 Å². The van der Waals surface area contributed by atoms with E-state index in [1.54, 1.807) is 0 Å². The van der Waals surface area contributed by atoms with E-state index in [1.807, 2.05) is 0 Å². The standard InChI is InChI=1S/C11H17N3/c1-7(2)9-6-10(8-4-3-5-8)14-11(12)13-9/h6-8H,3-5H2,1-2H3,(H2,12,13,14). The highest BCUT2D eigenvalue weighted by atomic mass is 15.0. The molecule has 76 valence electrons. The van der Waals surface area contributed by atoms with Crippen LogP contribution in [0.2, 0.25) is 0 Å². The molecule has 3 heteroatoms. The summed E-state index contributed by atoms with van der Waals surface area (Å²) in [5.74, 6) is 1.50. The third-order valence-corrected chi connectivity index (χ3v) is 2.90.